The molecule has 3 aromatic rings. The lowest BCUT2D eigenvalue weighted by Crippen LogP contribution is -2.15. The molecule has 1 heterocycles. The van der Waals surface area contributed by atoms with Crippen LogP contribution in [0.2, 0.25) is 0 Å². The number of aryl methyl sites for hydroxylation is 2. The summed E-state index contributed by atoms with van der Waals surface area (Å²) >= 11 is 1.39. The van der Waals surface area contributed by atoms with Crippen LogP contribution >= 0.6 is 11.8 Å². The van der Waals surface area contributed by atoms with Crippen molar-refractivity contribution >= 4 is 21.9 Å². The number of thioether (sulfide) groups is 1. The highest BCUT2D eigenvalue weighted by molar-refractivity contribution is 8.00. The fourth-order valence-corrected chi connectivity index (χ4v) is 4.71. The summed E-state index contributed by atoms with van der Waals surface area (Å²) in [5.74, 6) is 0.595. The lowest BCUT2D eigenvalue weighted by Gasteiger charge is -2.11. The maximum absolute atomic E-state index is 12.1. The zero-order valence-electron chi connectivity index (χ0n) is 14.6. The van der Waals surface area contributed by atoms with Gasteiger partial charge in [-0.2, -0.15) is 8.42 Å². The van der Waals surface area contributed by atoms with E-state index in [0.717, 1.165) is 22.0 Å². The summed E-state index contributed by atoms with van der Waals surface area (Å²) in [6, 6.07) is 14.8. The maximum atomic E-state index is 12.1. The summed E-state index contributed by atoms with van der Waals surface area (Å²) in [4.78, 5) is 4.36. The van der Waals surface area contributed by atoms with E-state index in [1.165, 1.54) is 11.8 Å². The Morgan fingerprint density at radius 1 is 1.12 bits per heavy atom. The third kappa shape index (κ3) is 4.68. The number of aromatic nitrogens is 2. The van der Waals surface area contributed by atoms with Crippen LogP contribution < -0.4 is 4.18 Å². The van der Waals surface area contributed by atoms with Gasteiger partial charge in [0.2, 0.25) is 0 Å². The Morgan fingerprint density at radius 3 is 2.65 bits per heavy atom. The molecule has 26 heavy (non-hydrogen) atoms. The van der Waals surface area contributed by atoms with Gasteiger partial charge in [-0.1, -0.05) is 42.1 Å². The molecule has 5 nitrogen and oxygen atoms in total. The van der Waals surface area contributed by atoms with Crippen LogP contribution in [0.1, 0.15) is 11.1 Å². The van der Waals surface area contributed by atoms with Crippen LogP contribution in [-0.2, 0) is 10.1 Å². The Hall–Kier alpha value is -2.25. The predicted octanol–water partition coefficient (Wildman–Crippen LogP) is 3.99. The lowest BCUT2D eigenvalue weighted by atomic mass is 10.1. The molecule has 0 radical (unpaired) electrons. The number of rotatable bonds is 7. The minimum Gasteiger partial charge on any atom is -0.382 e. The zero-order valence-corrected chi connectivity index (χ0v) is 16.3. The molecule has 0 amide bonds. The third-order valence-electron chi connectivity index (χ3n) is 3.76. The van der Waals surface area contributed by atoms with E-state index in [1.807, 2.05) is 30.7 Å². The average Bonchev–Trinajstić information content (AvgIpc) is 3.05. The van der Waals surface area contributed by atoms with Gasteiger partial charge >= 0.3 is 10.1 Å². The fourth-order valence-electron chi connectivity index (χ4n) is 2.46. The van der Waals surface area contributed by atoms with Crippen molar-refractivity contribution in [3.05, 3.63) is 72.1 Å². The SMILES string of the molecule is Cc1ccc(C)c(-n2ccnc2SCCS(=O)(=O)Oc2ccccc2)c1. The van der Waals surface area contributed by atoms with Crippen molar-refractivity contribution in [3.8, 4) is 11.4 Å². The van der Waals surface area contributed by atoms with Gasteiger partial charge in [-0.3, -0.25) is 4.57 Å². The van der Waals surface area contributed by atoms with Gasteiger partial charge in [0.1, 0.15) is 5.75 Å². The van der Waals surface area contributed by atoms with Gasteiger partial charge in [0.05, 0.1) is 11.4 Å². The molecule has 0 aliphatic rings. The molecule has 0 saturated heterocycles. The van der Waals surface area contributed by atoms with E-state index in [4.69, 9.17) is 4.18 Å². The molecule has 7 heteroatoms. The second-order valence-corrected chi connectivity index (χ2v) is 8.63. The van der Waals surface area contributed by atoms with Gasteiger partial charge in [-0.15, -0.1) is 0 Å². The Bertz CT molecular complexity index is 983. The first-order valence-corrected chi connectivity index (χ1v) is 10.7. The van der Waals surface area contributed by atoms with Crippen molar-refractivity contribution in [2.24, 2.45) is 0 Å². The number of hydrogen-bond donors (Lipinski definition) is 0. The number of para-hydroxylation sites is 1. The van der Waals surface area contributed by atoms with Gasteiger partial charge < -0.3 is 4.18 Å². The molecular weight excluding hydrogens is 368 g/mol. The maximum Gasteiger partial charge on any atom is 0.310 e. The van der Waals surface area contributed by atoms with E-state index in [0.29, 0.717) is 11.5 Å². The van der Waals surface area contributed by atoms with Crippen LogP contribution in [0.4, 0.5) is 0 Å². The minimum atomic E-state index is -3.64. The van der Waals surface area contributed by atoms with Crippen molar-refractivity contribution in [1.29, 1.82) is 0 Å². The van der Waals surface area contributed by atoms with Crippen molar-refractivity contribution in [3.63, 3.8) is 0 Å². The highest BCUT2D eigenvalue weighted by Gasteiger charge is 2.15. The molecule has 0 fully saturated rings. The van der Waals surface area contributed by atoms with E-state index in [9.17, 15) is 8.42 Å². The Kier molecular flexibility index (Phi) is 5.68. The minimum absolute atomic E-state index is 0.0911. The molecule has 0 N–H and O–H groups in total. The second-order valence-electron chi connectivity index (χ2n) is 5.88. The molecular formula is C19H20N2O3S2. The summed E-state index contributed by atoms with van der Waals surface area (Å²) in [6.45, 7) is 4.08. The highest BCUT2D eigenvalue weighted by atomic mass is 32.2. The fraction of sp³-hybridized carbons (Fsp3) is 0.211. The number of imidazole rings is 1. The first kappa shape index (κ1) is 18.5. The van der Waals surface area contributed by atoms with Crippen molar-refractivity contribution in [1.82, 2.24) is 9.55 Å². The van der Waals surface area contributed by atoms with Crippen LogP contribution in [0.15, 0.2) is 66.1 Å². The van der Waals surface area contributed by atoms with Crippen LogP contribution in [0.3, 0.4) is 0 Å². The summed E-state index contributed by atoms with van der Waals surface area (Å²) in [5.41, 5.74) is 3.35. The first-order valence-electron chi connectivity index (χ1n) is 8.15. The monoisotopic (exact) mass is 388 g/mol. The molecule has 0 aliphatic carbocycles. The average molecular weight is 389 g/mol. The van der Waals surface area contributed by atoms with Crippen LogP contribution in [0.5, 0.6) is 5.75 Å². The van der Waals surface area contributed by atoms with Gasteiger partial charge in [0, 0.05) is 18.1 Å². The van der Waals surface area contributed by atoms with Gasteiger partial charge in [-0.05, 0) is 43.2 Å². The van der Waals surface area contributed by atoms with Gasteiger partial charge in [0.15, 0.2) is 5.16 Å². The molecule has 0 atom stereocenters. The molecule has 0 aliphatic heterocycles. The third-order valence-corrected chi connectivity index (χ3v) is 6.14. The molecule has 1 aromatic heterocycles. The van der Waals surface area contributed by atoms with Crippen molar-refractivity contribution in [2.75, 3.05) is 11.5 Å². The van der Waals surface area contributed by atoms with Crippen LogP contribution in [0, 0.1) is 13.8 Å². The van der Waals surface area contributed by atoms with E-state index in [2.05, 4.69) is 23.2 Å². The smallest absolute Gasteiger partial charge is 0.310 e. The quantitative estimate of drug-likeness (QED) is 0.452. The second kappa shape index (κ2) is 7.97. The molecule has 2 aromatic carbocycles. The van der Waals surface area contributed by atoms with Crippen LogP contribution in [-0.4, -0.2) is 29.5 Å². The number of nitrogens with zero attached hydrogens (tertiary/aromatic N) is 2. The summed E-state index contributed by atoms with van der Waals surface area (Å²) < 4.78 is 31.3. The largest absolute Gasteiger partial charge is 0.382 e. The highest BCUT2D eigenvalue weighted by Crippen LogP contribution is 2.24. The molecule has 136 valence electrons. The topological polar surface area (TPSA) is 61.2 Å². The van der Waals surface area contributed by atoms with Gasteiger partial charge in [0.25, 0.3) is 0 Å². The molecule has 3 rings (SSSR count). The van der Waals surface area contributed by atoms with E-state index in [1.54, 1.807) is 30.5 Å². The normalized spacial score (nSPS) is 11.5. The van der Waals surface area contributed by atoms with Crippen LogP contribution in [0.25, 0.3) is 5.69 Å². The standard InChI is InChI=1S/C19H20N2O3S2/c1-15-8-9-16(2)18(14-15)21-11-10-20-19(21)25-12-13-26(22,23)24-17-6-4-3-5-7-17/h3-11,14H,12-13H2,1-2H3. The van der Waals surface area contributed by atoms with E-state index in [-0.39, 0.29) is 5.75 Å². The van der Waals surface area contributed by atoms with E-state index >= 15 is 0 Å². The van der Waals surface area contributed by atoms with Gasteiger partial charge in [-0.25, -0.2) is 4.98 Å². The zero-order chi connectivity index (χ0) is 18.6. The summed E-state index contributed by atoms with van der Waals surface area (Å²) in [5, 5.41) is 0.758. The molecule has 0 spiro atoms. The predicted molar refractivity (Wildman–Crippen MR) is 105 cm³/mol. The lowest BCUT2D eigenvalue weighted by molar-refractivity contribution is 0.488. The molecule has 0 bridgehead atoms. The Balaban J connectivity index is 1.66. The van der Waals surface area contributed by atoms with E-state index < -0.39 is 10.1 Å². The molecule has 0 saturated carbocycles. The summed E-state index contributed by atoms with van der Waals surface area (Å²) in [7, 11) is -3.64. The first-order chi connectivity index (χ1) is 12.4. The molecule has 0 unspecified atom stereocenters. The Morgan fingerprint density at radius 2 is 1.88 bits per heavy atom. The van der Waals surface area contributed by atoms with Crippen molar-refractivity contribution in [2.45, 2.75) is 19.0 Å². The Labute approximate surface area is 158 Å². The summed E-state index contributed by atoms with van der Waals surface area (Å²) in [6.07, 6.45) is 3.61. The number of hydrogen-bond acceptors (Lipinski definition) is 5. The number of benzene rings is 2. The van der Waals surface area contributed by atoms with Crippen molar-refractivity contribution < 1.29 is 12.6 Å².